The van der Waals surface area contributed by atoms with Crippen molar-refractivity contribution in [2.24, 2.45) is 7.05 Å². The average molecular weight is 338 g/mol. The number of hydrogen-bond donors (Lipinski definition) is 0. The lowest BCUT2D eigenvalue weighted by molar-refractivity contribution is 0.168. The topological polar surface area (TPSA) is 46.8 Å². The van der Waals surface area contributed by atoms with Crippen molar-refractivity contribution in [3.05, 3.63) is 35.1 Å². The molecule has 1 saturated heterocycles. The normalized spacial score (nSPS) is 18.5. The van der Waals surface area contributed by atoms with Crippen molar-refractivity contribution in [1.82, 2.24) is 25.1 Å². The molecule has 0 radical (unpaired) electrons. The maximum atomic E-state index is 5.94. The molecule has 0 unspecified atom stereocenters. The van der Waals surface area contributed by atoms with Crippen LogP contribution in [0.15, 0.2) is 29.2 Å². The zero-order chi connectivity index (χ0) is 15.5. The Morgan fingerprint density at radius 3 is 2.50 bits per heavy atom. The van der Waals surface area contributed by atoms with Gasteiger partial charge in [0, 0.05) is 22.2 Å². The molecule has 1 aliphatic rings. The SMILES string of the molecule is C[C@H](c1nnnn1C)N1CCC(Sc2ccc(Cl)cc2)CC1. The lowest BCUT2D eigenvalue weighted by Crippen LogP contribution is -2.37. The predicted octanol–water partition coefficient (Wildman–Crippen LogP) is 3.18. The number of thioether (sulfide) groups is 1. The summed E-state index contributed by atoms with van der Waals surface area (Å²) < 4.78 is 1.76. The number of piperidine rings is 1. The van der Waals surface area contributed by atoms with Crippen LogP contribution in [0.2, 0.25) is 5.02 Å². The van der Waals surface area contributed by atoms with E-state index >= 15 is 0 Å². The van der Waals surface area contributed by atoms with Gasteiger partial charge in [-0.05, 0) is 67.5 Å². The maximum absolute atomic E-state index is 5.94. The van der Waals surface area contributed by atoms with E-state index in [0.29, 0.717) is 5.25 Å². The molecule has 1 atom stereocenters. The van der Waals surface area contributed by atoms with E-state index in [2.05, 4.69) is 39.5 Å². The molecule has 0 N–H and O–H groups in total. The van der Waals surface area contributed by atoms with Gasteiger partial charge in [0.2, 0.25) is 0 Å². The quantitative estimate of drug-likeness (QED) is 0.857. The molecule has 5 nitrogen and oxygen atoms in total. The summed E-state index contributed by atoms with van der Waals surface area (Å²) in [5.41, 5.74) is 0. The highest BCUT2D eigenvalue weighted by atomic mass is 35.5. The standard InChI is InChI=1S/C15H20ClN5S/c1-11(15-17-18-19-20(15)2)21-9-7-14(8-10-21)22-13-5-3-12(16)4-6-13/h3-6,11,14H,7-10H2,1-2H3/t11-/m1/s1. The van der Waals surface area contributed by atoms with E-state index in [1.54, 1.807) is 4.68 Å². The van der Waals surface area contributed by atoms with E-state index in [1.807, 2.05) is 30.9 Å². The highest BCUT2D eigenvalue weighted by molar-refractivity contribution is 8.00. The number of tetrazole rings is 1. The number of hydrogen-bond acceptors (Lipinski definition) is 5. The fourth-order valence-electron chi connectivity index (χ4n) is 2.84. The molecule has 2 heterocycles. The van der Waals surface area contributed by atoms with Crippen LogP contribution in [0, 0.1) is 0 Å². The van der Waals surface area contributed by atoms with E-state index in [-0.39, 0.29) is 6.04 Å². The van der Waals surface area contributed by atoms with Crippen LogP contribution in [0.1, 0.15) is 31.6 Å². The Bertz CT molecular complexity index is 607. The van der Waals surface area contributed by atoms with Gasteiger partial charge in [0.1, 0.15) is 0 Å². The minimum atomic E-state index is 0.265. The Labute approximate surface area is 140 Å². The Morgan fingerprint density at radius 1 is 1.23 bits per heavy atom. The average Bonchev–Trinajstić information content (AvgIpc) is 2.96. The first-order valence-electron chi connectivity index (χ1n) is 7.52. The van der Waals surface area contributed by atoms with Gasteiger partial charge in [0.15, 0.2) is 5.82 Å². The molecule has 2 aromatic rings. The van der Waals surface area contributed by atoms with Crippen LogP contribution < -0.4 is 0 Å². The van der Waals surface area contributed by atoms with Gasteiger partial charge in [-0.15, -0.1) is 16.9 Å². The molecule has 1 aromatic carbocycles. The molecule has 0 amide bonds. The van der Waals surface area contributed by atoms with Crippen LogP contribution in [0.3, 0.4) is 0 Å². The summed E-state index contributed by atoms with van der Waals surface area (Å²) in [6, 6.07) is 8.40. The number of rotatable bonds is 4. The third-order valence-corrected chi connectivity index (χ3v) is 5.77. The molecule has 22 heavy (non-hydrogen) atoms. The van der Waals surface area contributed by atoms with Crippen LogP contribution in [0.5, 0.6) is 0 Å². The summed E-state index contributed by atoms with van der Waals surface area (Å²) >= 11 is 7.89. The molecule has 1 fully saturated rings. The summed E-state index contributed by atoms with van der Waals surface area (Å²) in [7, 11) is 1.90. The van der Waals surface area contributed by atoms with Gasteiger partial charge in [-0.25, -0.2) is 4.68 Å². The van der Waals surface area contributed by atoms with Crippen LogP contribution in [0.4, 0.5) is 0 Å². The van der Waals surface area contributed by atoms with E-state index < -0.39 is 0 Å². The second-order valence-corrected chi connectivity index (χ2v) is 7.45. The number of aryl methyl sites for hydroxylation is 1. The molecular weight excluding hydrogens is 318 g/mol. The van der Waals surface area contributed by atoms with Gasteiger partial charge in [0.05, 0.1) is 6.04 Å². The second kappa shape index (κ2) is 6.98. The number of nitrogens with zero attached hydrogens (tertiary/aromatic N) is 5. The van der Waals surface area contributed by atoms with E-state index in [4.69, 9.17) is 11.6 Å². The molecule has 7 heteroatoms. The first kappa shape index (κ1) is 15.8. The summed E-state index contributed by atoms with van der Waals surface area (Å²) in [4.78, 5) is 3.76. The van der Waals surface area contributed by atoms with Crippen molar-refractivity contribution in [3.63, 3.8) is 0 Å². The molecule has 1 aliphatic heterocycles. The van der Waals surface area contributed by atoms with Crippen LogP contribution in [0.25, 0.3) is 0 Å². The Hall–Kier alpha value is -1.11. The molecular formula is C15H20ClN5S. The molecule has 118 valence electrons. The fourth-order valence-corrected chi connectivity index (χ4v) is 4.09. The predicted molar refractivity (Wildman–Crippen MR) is 89.1 cm³/mol. The van der Waals surface area contributed by atoms with Crippen molar-refractivity contribution >= 4 is 23.4 Å². The smallest absolute Gasteiger partial charge is 0.167 e. The molecule has 3 rings (SSSR count). The van der Waals surface area contributed by atoms with Gasteiger partial charge in [-0.1, -0.05) is 11.6 Å². The van der Waals surface area contributed by atoms with Crippen molar-refractivity contribution in [2.45, 2.75) is 36.0 Å². The highest BCUT2D eigenvalue weighted by Crippen LogP contribution is 2.33. The van der Waals surface area contributed by atoms with Crippen LogP contribution in [-0.2, 0) is 7.05 Å². The zero-order valence-electron chi connectivity index (χ0n) is 12.8. The van der Waals surface area contributed by atoms with Gasteiger partial charge >= 0.3 is 0 Å². The number of likely N-dealkylation sites (tertiary alicyclic amines) is 1. The van der Waals surface area contributed by atoms with Crippen molar-refractivity contribution in [3.8, 4) is 0 Å². The maximum Gasteiger partial charge on any atom is 0.167 e. The van der Waals surface area contributed by atoms with Crippen molar-refractivity contribution in [1.29, 1.82) is 0 Å². The lowest BCUT2D eigenvalue weighted by atomic mass is 10.1. The minimum absolute atomic E-state index is 0.265. The molecule has 0 saturated carbocycles. The number of aromatic nitrogens is 4. The van der Waals surface area contributed by atoms with Crippen LogP contribution >= 0.6 is 23.4 Å². The largest absolute Gasteiger partial charge is 0.294 e. The van der Waals surface area contributed by atoms with E-state index in [9.17, 15) is 0 Å². The summed E-state index contributed by atoms with van der Waals surface area (Å²) in [5.74, 6) is 0.934. The number of benzene rings is 1. The monoisotopic (exact) mass is 337 g/mol. The Balaban J connectivity index is 1.54. The molecule has 0 spiro atoms. The lowest BCUT2D eigenvalue weighted by Gasteiger charge is -2.35. The summed E-state index contributed by atoms with van der Waals surface area (Å²) in [6.07, 6.45) is 2.37. The van der Waals surface area contributed by atoms with Crippen molar-refractivity contribution in [2.75, 3.05) is 13.1 Å². The zero-order valence-corrected chi connectivity index (χ0v) is 14.4. The first-order chi connectivity index (χ1) is 10.6. The second-order valence-electron chi connectivity index (χ2n) is 5.64. The molecule has 1 aromatic heterocycles. The fraction of sp³-hybridized carbons (Fsp3) is 0.533. The van der Waals surface area contributed by atoms with Gasteiger partial charge < -0.3 is 0 Å². The minimum Gasteiger partial charge on any atom is -0.294 e. The molecule has 0 aliphatic carbocycles. The summed E-state index contributed by atoms with van der Waals surface area (Å²) in [5, 5.41) is 13.3. The number of halogens is 1. The Kier molecular flexibility index (Phi) is 5.00. The van der Waals surface area contributed by atoms with Crippen molar-refractivity contribution < 1.29 is 0 Å². The summed E-state index contributed by atoms with van der Waals surface area (Å²) in [6.45, 7) is 4.34. The first-order valence-corrected chi connectivity index (χ1v) is 8.78. The van der Waals surface area contributed by atoms with Crippen LogP contribution in [-0.4, -0.2) is 43.4 Å². The van der Waals surface area contributed by atoms with E-state index in [1.165, 1.54) is 17.7 Å². The Morgan fingerprint density at radius 2 is 1.91 bits per heavy atom. The van der Waals surface area contributed by atoms with Gasteiger partial charge in [0.25, 0.3) is 0 Å². The third kappa shape index (κ3) is 3.62. The van der Waals surface area contributed by atoms with Gasteiger partial charge in [-0.3, -0.25) is 4.90 Å². The third-order valence-electron chi connectivity index (χ3n) is 4.17. The molecule has 0 bridgehead atoms. The van der Waals surface area contributed by atoms with Gasteiger partial charge in [-0.2, -0.15) is 0 Å². The van der Waals surface area contributed by atoms with E-state index in [0.717, 1.165) is 23.9 Å². The highest BCUT2D eigenvalue weighted by Gasteiger charge is 2.26.